The maximum Gasteiger partial charge on any atom is 0.419 e. The first-order valence-electron chi connectivity index (χ1n) is 9.05. The van der Waals surface area contributed by atoms with Gasteiger partial charge in [0.2, 0.25) is 0 Å². The number of rotatable bonds is 6. The molecule has 1 aromatic heterocycles. The van der Waals surface area contributed by atoms with Gasteiger partial charge in [0.25, 0.3) is 0 Å². The summed E-state index contributed by atoms with van der Waals surface area (Å²) in [5, 5.41) is 5.70. The zero-order valence-corrected chi connectivity index (χ0v) is 18.4. The summed E-state index contributed by atoms with van der Waals surface area (Å²) in [4.78, 5) is 21.1. The molecule has 0 bridgehead atoms. The molecule has 0 radical (unpaired) electrons. The number of anilines is 1. The number of alkyl halides is 3. The topological polar surface area (TPSA) is 105 Å². The largest absolute Gasteiger partial charge is 0.450 e. The van der Waals surface area contributed by atoms with E-state index in [0.717, 1.165) is 6.07 Å². The molecule has 1 amide bonds. The Bertz CT molecular complexity index is 681. The predicted molar refractivity (Wildman–Crippen MR) is 114 cm³/mol. The third-order valence-corrected chi connectivity index (χ3v) is 4.17. The number of carbonyl (C=O) groups is 1. The number of hydrogen-bond acceptors (Lipinski definition) is 5. The lowest BCUT2D eigenvalue weighted by Gasteiger charge is -2.31. The van der Waals surface area contributed by atoms with Crippen molar-refractivity contribution in [2.24, 2.45) is 10.7 Å². The van der Waals surface area contributed by atoms with Gasteiger partial charge in [0.1, 0.15) is 5.82 Å². The van der Waals surface area contributed by atoms with Gasteiger partial charge in [0.05, 0.1) is 18.7 Å². The molecule has 8 nitrogen and oxygen atoms in total. The van der Waals surface area contributed by atoms with Crippen LogP contribution in [-0.4, -0.2) is 60.8 Å². The van der Waals surface area contributed by atoms with E-state index in [4.69, 9.17) is 10.5 Å². The second-order valence-electron chi connectivity index (χ2n) is 6.20. The maximum atomic E-state index is 12.9. The fourth-order valence-corrected chi connectivity index (χ4v) is 2.80. The second-order valence-corrected chi connectivity index (χ2v) is 6.20. The summed E-state index contributed by atoms with van der Waals surface area (Å²) in [6, 6.07) is 2.29. The van der Waals surface area contributed by atoms with Crippen molar-refractivity contribution in [2.75, 3.05) is 38.1 Å². The lowest BCUT2D eigenvalue weighted by Crippen LogP contribution is -2.48. The third kappa shape index (κ3) is 8.11. The van der Waals surface area contributed by atoms with Crippen LogP contribution in [0.5, 0.6) is 0 Å². The Morgan fingerprint density at radius 3 is 2.72 bits per heavy atom. The fourth-order valence-electron chi connectivity index (χ4n) is 2.80. The quantitative estimate of drug-likeness (QED) is 0.226. The molecule has 0 aromatic carbocycles. The molecule has 1 saturated heterocycles. The van der Waals surface area contributed by atoms with Crippen LogP contribution in [0.4, 0.5) is 23.8 Å². The SMILES string of the molecule is CCOC(=O)N1CCC(NC(N)=NCCNc2ncccc2C(F)(F)F)CC1.I. The van der Waals surface area contributed by atoms with Gasteiger partial charge in [-0.05, 0) is 31.9 Å². The normalized spacial score (nSPS) is 15.4. The van der Waals surface area contributed by atoms with Crippen molar-refractivity contribution in [2.45, 2.75) is 32.0 Å². The van der Waals surface area contributed by atoms with E-state index >= 15 is 0 Å². The van der Waals surface area contributed by atoms with Gasteiger partial charge in [0.15, 0.2) is 5.96 Å². The van der Waals surface area contributed by atoms with Gasteiger partial charge in [-0.25, -0.2) is 9.78 Å². The molecule has 4 N–H and O–H groups in total. The summed E-state index contributed by atoms with van der Waals surface area (Å²) in [5.74, 6) is -0.0171. The van der Waals surface area contributed by atoms with Crippen molar-refractivity contribution in [3.63, 3.8) is 0 Å². The monoisotopic (exact) mass is 530 g/mol. The predicted octanol–water partition coefficient (Wildman–Crippen LogP) is 2.66. The van der Waals surface area contributed by atoms with Gasteiger partial charge >= 0.3 is 12.3 Å². The molecule has 164 valence electrons. The highest BCUT2D eigenvalue weighted by Crippen LogP contribution is 2.33. The average Bonchev–Trinajstić information content (AvgIpc) is 2.65. The highest BCUT2D eigenvalue weighted by atomic mass is 127. The minimum Gasteiger partial charge on any atom is -0.450 e. The Hall–Kier alpha value is -1.99. The van der Waals surface area contributed by atoms with E-state index in [-0.39, 0.29) is 61.0 Å². The van der Waals surface area contributed by atoms with Crippen molar-refractivity contribution in [3.8, 4) is 0 Å². The third-order valence-electron chi connectivity index (χ3n) is 4.17. The van der Waals surface area contributed by atoms with E-state index in [2.05, 4.69) is 20.6 Å². The van der Waals surface area contributed by atoms with Gasteiger partial charge in [-0.1, -0.05) is 0 Å². The number of halogens is 4. The number of nitrogens with two attached hydrogens (primary N) is 1. The number of ether oxygens (including phenoxy) is 1. The maximum absolute atomic E-state index is 12.9. The first kappa shape index (κ1) is 25.0. The summed E-state index contributed by atoms with van der Waals surface area (Å²) in [7, 11) is 0. The number of piperidine rings is 1. The molecule has 2 heterocycles. The van der Waals surface area contributed by atoms with Gasteiger partial charge in [-0.3, -0.25) is 4.99 Å². The minimum atomic E-state index is -4.47. The minimum absolute atomic E-state index is 0. The number of nitrogens with one attached hydrogen (secondary N) is 2. The lowest BCUT2D eigenvalue weighted by atomic mass is 10.1. The zero-order valence-electron chi connectivity index (χ0n) is 16.0. The number of nitrogens with zero attached hydrogens (tertiary/aromatic N) is 3. The van der Waals surface area contributed by atoms with Crippen LogP contribution in [0.25, 0.3) is 0 Å². The average molecular weight is 530 g/mol. The van der Waals surface area contributed by atoms with Crippen molar-refractivity contribution in [1.29, 1.82) is 0 Å². The van der Waals surface area contributed by atoms with Crippen molar-refractivity contribution < 1.29 is 22.7 Å². The number of hydrogen-bond donors (Lipinski definition) is 3. The van der Waals surface area contributed by atoms with Gasteiger partial charge in [0, 0.05) is 31.9 Å². The van der Waals surface area contributed by atoms with Crippen LogP contribution < -0.4 is 16.4 Å². The number of aliphatic imine (C=N–C) groups is 1. The summed E-state index contributed by atoms with van der Waals surface area (Å²) in [5.41, 5.74) is 5.01. The molecule has 1 aliphatic rings. The molecular formula is C17H26F3IN6O2. The number of carbonyl (C=O) groups excluding carboxylic acids is 1. The van der Waals surface area contributed by atoms with Crippen molar-refractivity contribution >= 4 is 41.8 Å². The summed E-state index contributed by atoms with van der Waals surface area (Å²) >= 11 is 0. The smallest absolute Gasteiger partial charge is 0.419 e. The van der Waals surface area contributed by atoms with Crippen LogP contribution in [0.1, 0.15) is 25.3 Å². The summed E-state index contributed by atoms with van der Waals surface area (Å²) in [6.45, 7) is 3.57. The van der Waals surface area contributed by atoms with E-state index in [1.165, 1.54) is 12.3 Å². The van der Waals surface area contributed by atoms with Crippen LogP contribution in [-0.2, 0) is 10.9 Å². The fraction of sp³-hybridized carbons (Fsp3) is 0.588. The van der Waals surface area contributed by atoms with E-state index in [9.17, 15) is 18.0 Å². The van der Waals surface area contributed by atoms with Gasteiger partial charge < -0.3 is 26.0 Å². The Kier molecular flexibility index (Phi) is 10.3. The molecule has 1 fully saturated rings. The summed E-state index contributed by atoms with van der Waals surface area (Å²) < 4.78 is 43.7. The van der Waals surface area contributed by atoms with Crippen LogP contribution >= 0.6 is 24.0 Å². The van der Waals surface area contributed by atoms with E-state index in [1.54, 1.807) is 11.8 Å². The van der Waals surface area contributed by atoms with Crippen LogP contribution in [0, 0.1) is 0 Å². The van der Waals surface area contributed by atoms with Crippen molar-refractivity contribution in [1.82, 2.24) is 15.2 Å². The molecule has 0 aliphatic carbocycles. The van der Waals surface area contributed by atoms with Crippen LogP contribution in [0.15, 0.2) is 23.3 Å². The molecule has 12 heteroatoms. The number of pyridine rings is 1. The van der Waals surface area contributed by atoms with E-state index in [0.29, 0.717) is 32.5 Å². The Labute approximate surface area is 184 Å². The summed E-state index contributed by atoms with van der Waals surface area (Å²) in [6.07, 6.45) is -2.09. The van der Waals surface area contributed by atoms with E-state index in [1.807, 2.05) is 0 Å². The molecule has 0 saturated carbocycles. The second kappa shape index (κ2) is 11.9. The molecule has 1 aromatic rings. The Morgan fingerprint density at radius 2 is 2.10 bits per heavy atom. The number of aromatic nitrogens is 1. The number of guanidine groups is 1. The highest BCUT2D eigenvalue weighted by molar-refractivity contribution is 14.0. The molecule has 1 aliphatic heterocycles. The Balaban J connectivity index is 0.00000420. The lowest BCUT2D eigenvalue weighted by molar-refractivity contribution is -0.137. The van der Waals surface area contributed by atoms with Crippen molar-refractivity contribution in [3.05, 3.63) is 23.9 Å². The molecule has 0 spiro atoms. The first-order valence-corrected chi connectivity index (χ1v) is 9.05. The van der Waals surface area contributed by atoms with Gasteiger partial charge in [-0.2, -0.15) is 13.2 Å². The van der Waals surface area contributed by atoms with Crippen LogP contribution in [0.2, 0.25) is 0 Å². The number of likely N-dealkylation sites (tertiary alicyclic amines) is 1. The molecule has 2 rings (SSSR count). The molecular weight excluding hydrogens is 504 g/mol. The molecule has 0 unspecified atom stereocenters. The van der Waals surface area contributed by atoms with Gasteiger partial charge in [-0.15, -0.1) is 24.0 Å². The molecule has 0 atom stereocenters. The van der Waals surface area contributed by atoms with E-state index < -0.39 is 11.7 Å². The Morgan fingerprint density at radius 1 is 1.41 bits per heavy atom. The van der Waals surface area contributed by atoms with Crippen LogP contribution in [0.3, 0.4) is 0 Å². The zero-order chi connectivity index (χ0) is 20.6. The first-order chi connectivity index (χ1) is 13.3. The highest BCUT2D eigenvalue weighted by Gasteiger charge is 2.33. The number of amides is 1. The standard InChI is InChI=1S/C17H25F3N6O2.HI/c1-2-28-16(27)26-10-5-12(6-11-26)25-15(21)24-9-8-23-14-13(17(18,19)20)4-3-7-22-14;/h3-4,7,12H,2,5-6,8-11H2,1H3,(H,22,23)(H3,21,24,25);1H. The molecule has 29 heavy (non-hydrogen) atoms.